The minimum absolute atomic E-state index is 0.231. The van der Waals surface area contributed by atoms with E-state index in [2.05, 4.69) is 31.3 Å². The maximum atomic E-state index is 13.2. The van der Waals surface area contributed by atoms with Gasteiger partial charge in [0, 0.05) is 41.6 Å². The Morgan fingerprint density at radius 1 is 1.29 bits per heavy atom. The molecule has 0 spiro atoms. The molecule has 0 atom stereocenters. The molecule has 2 aromatic heterocycles. The van der Waals surface area contributed by atoms with Crippen molar-refractivity contribution in [2.75, 3.05) is 0 Å². The number of aryl methyl sites for hydroxylation is 1. The molecule has 0 saturated heterocycles. The Morgan fingerprint density at radius 3 is 3.00 bits per heavy atom. The number of hydrogen-bond donors (Lipinski definition) is 1. The topological polar surface area (TPSA) is 42.2 Å². The van der Waals surface area contributed by atoms with Gasteiger partial charge in [-0.05, 0) is 30.7 Å². The zero-order valence-corrected chi connectivity index (χ0v) is 13.1. The Hall–Kier alpha value is -1.79. The van der Waals surface area contributed by atoms with Gasteiger partial charge in [-0.25, -0.2) is 13.9 Å². The molecule has 0 bridgehead atoms. The number of nitrogens with zero attached hydrogens (tertiary/aromatic N) is 3. The maximum absolute atomic E-state index is 13.2. The molecule has 1 aromatic carbocycles. The van der Waals surface area contributed by atoms with Gasteiger partial charge in [0.25, 0.3) is 0 Å². The zero-order valence-electron chi connectivity index (χ0n) is 11.5. The number of nitrogens with one attached hydrogen (secondary N) is 1. The summed E-state index contributed by atoms with van der Waals surface area (Å²) in [6, 6.07) is 6.61. The third kappa shape index (κ3) is 3.28. The van der Waals surface area contributed by atoms with Gasteiger partial charge >= 0.3 is 0 Å². The van der Waals surface area contributed by atoms with Crippen LogP contribution in [0, 0.1) is 12.7 Å². The molecule has 0 unspecified atom stereocenters. The van der Waals surface area contributed by atoms with E-state index in [0.29, 0.717) is 13.1 Å². The van der Waals surface area contributed by atoms with E-state index in [1.165, 1.54) is 12.1 Å². The van der Waals surface area contributed by atoms with Crippen molar-refractivity contribution in [2.24, 2.45) is 0 Å². The Morgan fingerprint density at radius 2 is 2.14 bits per heavy atom. The third-order valence-corrected chi connectivity index (χ3v) is 3.91. The van der Waals surface area contributed by atoms with Crippen molar-refractivity contribution in [2.45, 2.75) is 20.0 Å². The molecule has 0 radical (unpaired) electrons. The molecule has 0 aliphatic carbocycles. The molecular formula is C15H14BrFN4. The van der Waals surface area contributed by atoms with Gasteiger partial charge in [-0.2, -0.15) is 5.10 Å². The Balaban J connectivity index is 1.67. The van der Waals surface area contributed by atoms with Gasteiger partial charge in [0.05, 0.1) is 5.69 Å². The standard InChI is InChI=1S/C15H14BrFN4/c1-10-4-15-19-7-11(9-21(15)20-10)6-18-8-12-5-13(17)2-3-14(12)16/h2-5,7,9,18H,6,8H2,1H3. The summed E-state index contributed by atoms with van der Waals surface area (Å²) in [5.74, 6) is -0.231. The number of fused-ring (bicyclic) bond motifs is 1. The van der Waals surface area contributed by atoms with Crippen LogP contribution in [-0.4, -0.2) is 14.6 Å². The zero-order chi connectivity index (χ0) is 14.8. The van der Waals surface area contributed by atoms with Crippen molar-refractivity contribution >= 4 is 21.6 Å². The van der Waals surface area contributed by atoms with E-state index in [-0.39, 0.29) is 5.82 Å². The smallest absolute Gasteiger partial charge is 0.155 e. The van der Waals surface area contributed by atoms with Crippen molar-refractivity contribution in [3.63, 3.8) is 0 Å². The highest BCUT2D eigenvalue weighted by atomic mass is 79.9. The molecule has 0 saturated carbocycles. The summed E-state index contributed by atoms with van der Waals surface area (Å²) in [5, 5.41) is 7.61. The number of benzene rings is 1. The molecule has 108 valence electrons. The summed E-state index contributed by atoms with van der Waals surface area (Å²) >= 11 is 3.42. The quantitative estimate of drug-likeness (QED) is 0.786. The van der Waals surface area contributed by atoms with E-state index in [1.54, 1.807) is 10.6 Å². The molecule has 0 aliphatic heterocycles. The predicted molar refractivity (Wildman–Crippen MR) is 82.4 cm³/mol. The van der Waals surface area contributed by atoms with Crippen LogP contribution in [-0.2, 0) is 13.1 Å². The lowest BCUT2D eigenvalue weighted by Crippen LogP contribution is -2.14. The first-order chi connectivity index (χ1) is 10.1. The van der Waals surface area contributed by atoms with E-state index in [1.807, 2.05) is 25.4 Å². The van der Waals surface area contributed by atoms with E-state index in [9.17, 15) is 4.39 Å². The van der Waals surface area contributed by atoms with Gasteiger partial charge in [0.1, 0.15) is 5.82 Å². The van der Waals surface area contributed by atoms with Gasteiger partial charge in [-0.3, -0.25) is 0 Å². The number of aromatic nitrogens is 3. The summed E-state index contributed by atoms with van der Waals surface area (Å²) in [6.07, 6.45) is 3.77. The maximum Gasteiger partial charge on any atom is 0.155 e. The van der Waals surface area contributed by atoms with E-state index < -0.39 is 0 Å². The number of halogens is 2. The summed E-state index contributed by atoms with van der Waals surface area (Å²) < 4.78 is 15.9. The Bertz CT molecular complexity index is 784. The summed E-state index contributed by atoms with van der Waals surface area (Å²) in [5.41, 5.74) is 3.69. The highest BCUT2D eigenvalue weighted by molar-refractivity contribution is 9.10. The second kappa shape index (κ2) is 5.91. The monoisotopic (exact) mass is 348 g/mol. The van der Waals surface area contributed by atoms with Crippen LogP contribution in [0.2, 0.25) is 0 Å². The van der Waals surface area contributed by atoms with Crippen LogP contribution in [0.4, 0.5) is 4.39 Å². The van der Waals surface area contributed by atoms with Crippen LogP contribution in [0.3, 0.4) is 0 Å². The van der Waals surface area contributed by atoms with Crippen LogP contribution in [0.15, 0.2) is 41.1 Å². The lowest BCUT2D eigenvalue weighted by Gasteiger charge is -2.07. The first-order valence-corrected chi connectivity index (χ1v) is 7.37. The molecular weight excluding hydrogens is 335 g/mol. The molecule has 0 fully saturated rings. The highest BCUT2D eigenvalue weighted by Crippen LogP contribution is 2.17. The van der Waals surface area contributed by atoms with Crippen molar-refractivity contribution in [1.29, 1.82) is 0 Å². The number of rotatable bonds is 4. The van der Waals surface area contributed by atoms with Crippen LogP contribution < -0.4 is 5.32 Å². The molecule has 3 aromatic rings. The van der Waals surface area contributed by atoms with Crippen molar-refractivity contribution in [3.8, 4) is 0 Å². The van der Waals surface area contributed by atoms with E-state index in [0.717, 1.165) is 26.9 Å². The summed E-state index contributed by atoms with van der Waals surface area (Å²) in [6.45, 7) is 3.16. The molecule has 0 aliphatic rings. The molecule has 4 nitrogen and oxygen atoms in total. The van der Waals surface area contributed by atoms with Gasteiger partial charge in [0.2, 0.25) is 0 Å². The normalized spacial score (nSPS) is 11.2. The SMILES string of the molecule is Cc1cc2ncc(CNCc3cc(F)ccc3Br)cn2n1. The second-order valence-electron chi connectivity index (χ2n) is 4.89. The molecule has 2 heterocycles. The molecule has 3 rings (SSSR count). The van der Waals surface area contributed by atoms with Gasteiger partial charge in [-0.1, -0.05) is 15.9 Å². The first-order valence-electron chi connectivity index (χ1n) is 6.57. The fourth-order valence-electron chi connectivity index (χ4n) is 2.15. The predicted octanol–water partition coefficient (Wildman–Crippen LogP) is 3.23. The molecule has 1 N–H and O–H groups in total. The highest BCUT2D eigenvalue weighted by Gasteiger charge is 2.03. The van der Waals surface area contributed by atoms with Crippen LogP contribution in [0.5, 0.6) is 0 Å². The van der Waals surface area contributed by atoms with Crippen molar-refractivity contribution in [1.82, 2.24) is 19.9 Å². The third-order valence-electron chi connectivity index (χ3n) is 3.14. The average Bonchev–Trinajstić information content (AvgIpc) is 2.82. The van der Waals surface area contributed by atoms with Crippen molar-refractivity contribution < 1.29 is 4.39 Å². The van der Waals surface area contributed by atoms with Crippen molar-refractivity contribution in [3.05, 3.63) is 63.8 Å². The largest absolute Gasteiger partial charge is 0.308 e. The summed E-state index contributed by atoms with van der Waals surface area (Å²) in [7, 11) is 0. The summed E-state index contributed by atoms with van der Waals surface area (Å²) in [4.78, 5) is 4.35. The molecule has 6 heteroatoms. The Kier molecular flexibility index (Phi) is 3.98. The minimum atomic E-state index is -0.231. The number of hydrogen-bond acceptors (Lipinski definition) is 3. The minimum Gasteiger partial charge on any atom is -0.308 e. The average molecular weight is 349 g/mol. The molecule has 21 heavy (non-hydrogen) atoms. The van der Waals surface area contributed by atoms with Gasteiger partial charge in [-0.15, -0.1) is 0 Å². The van der Waals surface area contributed by atoms with Crippen LogP contribution in [0.1, 0.15) is 16.8 Å². The van der Waals surface area contributed by atoms with E-state index >= 15 is 0 Å². The Labute approximate surface area is 130 Å². The fraction of sp³-hybridized carbons (Fsp3) is 0.200. The van der Waals surface area contributed by atoms with Crippen LogP contribution in [0.25, 0.3) is 5.65 Å². The van der Waals surface area contributed by atoms with Gasteiger partial charge < -0.3 is 5.32 Å². The van der Waals surface area contributed by atoms with Crippen LogP contribution >= 0.6 is 15.9 Å². The molecule has 0 amide bonds. The lowest BCUT2D eigenvalue weighted by molar-refractivity contribution is 0.619. The lowest BCUT2D eigenvalue weighted by atomic mass is 10.2. The second-order valence-corrected chi connectivity index (χ2v) is 5.74. The fourth-order valence-corrected chi connectivity index (χ4v) is 2.53. The first kappa shape index (κ1) is 14.2. The van der Waals surface area contributed by atoms with Gasteiger partial charge in [0.15, 0.2) is 5.65 Å². The van der Waals surface area contributed by atoms with E-state index in [4.69, 9.17) is 0 Å².